The third-order valence-corrected chi connectivity index (χ3v) is 2.24. The van der Waals surface area contributed by atoms with Gasteiger partial charge in [0.2, 0.25) is 5.91 Å². The topological polar surface area (TPSA) is 49.8 Å². The molecule has 0 aliphatic heterocycles. The summed E-state index contributed by atoms with van der Waals surface area (Å²) in [6, 6.07) is 0. The Labute approximate surface area is 92.2 Å². The Bertz CT molecular complexity index is 162. The van der Waals surface area contributed by atoms with Crippen LogP contribution < -0.4 is 0 Å². The number of nitrogens with zero attached hydrogens (tertiary/aromatic N) is 1. The smallest absolute Gasteiger partial charge is 0.224 e. The monoisotopic (exact) mass is 217 g/mol. The summed E-state index contributed by atoms with van der Waals surface area (Å²) in [5, 5.41) is 8.59. The summed E-state index contributed by atoms with van der Waals surface area (Å²) in [5.41, 5.74) is 0. The predicted molar refractivity (Wildman–Crippen MR) is 59.7 cm³/mol. The number of aliphatic hydroxyl groups is 1. The number of hydrogen-bond donors (Lipinski definition) is 1. The fourth-order valence-electron chi connectivity index (χ4n) is 1.26. The van der Waals surface area contributed by atoms with Gasteiger partial charge in [0.15, 0.2) is 0 Å². The second-order valence-electron chi connectivity index (χ2n) is 3.55. The van der Waals surface area contributed by atoms with E-state index in [2.05, 4.69) is 0 Å². The van der Waals surface area contributed by atoms with Crippen LogP contribution in [0.25, 0.3) is 0 Å². The molecule has 0 fully saturated rings. The lowest BCUT2D eigenvalue weighted by atomic mass is 10.2. The maximum Gasteiger partial charge on any atom is 0.224 e. The maximum atomic E-state index is 11.5. The summed E-state index contributed by atoms with van der Waals surface area (Å²) in [5.74, 6) is 0.132. The molecule has 0 aliphatic carbocycles. The quantitative estimate of drug-likeness (QED) is 0.587. The van der Waals surface area contributed by atoms with Gasteiger partial charge in [0.25, 0.3) is 0 Å². The summed E-state index contributed by atoms with van der Waals surface area (Å²) in [6.07, 6.45) is 3.21. The minimum absolute atomic E-state index is 0.132. The van der Waals surface area contributed by atoms with Gasteiger partial charge in [-0.05, 0) is 26.2 Å². The highest BCUT2D eigenvalue weighted by atomic mass is 16.5. The van der Waals surface area contributed by atoms with E-state index in [1.807, 2.05) is 14.0 Å². The Kier molecular flexibility index (Phi) is 9.52. The Hall–Kier alpha value is -0.610. The average molecular weight is 217 g/mol. The predicted octanol–water partition coefficient (Wildman–Crippen LogP) is 1.03. The van der Waals surface area contributed by atoms with Gasteiger partial charge in [0.05, 0.1) is 13.0 Å². The molecule has 0 aromatic heterocycles. The molecule has 0 aliphatic rings. The van der Waals surface area contributed by atoms with Crippen molar-refractivity contribution in [1.82, 2.24) is 4.90 Å². The molecule has 0 rings (SSSR count). The van der Waals surface area contributed by atoms with Gasteiger partial charge in [-0.3, -0.25) is 4.79 Å². The van der Waals surface area contributed by atoms with Crippen LogP contribution in [0.1, 0.15) is 32.6 Å². The molecule has 0 bridgehead atoms. The van der Waals surface area contributed by atoms with Gasteiger partial charge < -0.3 is 14.7 Å². The molecule has 0 spiro atoms. The Morgan fingerprint density at radius 2 is 2.07 bits per heavy atom. The van der Waals surface area contributed by atoms with Crippen molar-refractivity contribution in [2.75, 3.05) is 33.4 Å². The first-order chi connectivity index (χ1) is 7.22. The largest absolute Gasteiger partial charge is 0.396 e. The van der Waals surface area contributed by atoms with E-state index in [0.29, 0.717) is 19.6 Å². The first-order valence-electron chi connectivity index (χ1n) is 5.65. The van der Waals surface area contributed by atoms with Crippen LogP contribution >= 0.6 is 0 Å². The van der Waals surface area contributed by atoms with Crippen molar-refractivity contribution in [2.45, 2.75) is 32.6 Å². The molecule has 15 heavy (non-hydrogen) atoms. The van der Waals surface area contributed by atoms with Crippen LogP contribution in [0.4, 0.5) is 0 Å². The van der Waals surface area contributed by atoms with Crippen molar-refractivity contribution in [3.05, 3.63) is 0 Å². The minimum Gasteiger partial charge on any atom is -0.396 e. The van der Waals surface area contributed by atoms with Crippen molar-refractivity contribution in [3.8, 4) is 0 Å². The maximum absolute atomic E-state index is 11.5. The summed E-state index contributed by atoms with van der Waals surface area (Å²) in [7, 11) is 1.81. The molecule has 0 saturated carbocycles. The number of hydrogen-bond acceptors (Lipinski definition) is 3. The van der Waals surface area contributed by atoms with Gasteiger partial charge >= 0.3 is 0 Å². The van der Waals surface area contributed by atoms with E-state index in [-0.39, 0.29) is 12.5 Å². The van der Waals surface area contributed by atoms with Crippen molar-refractivity contribution >= 4 is 5.91 Å². The summed E-state index contributed by atoms with van der Waals surface area (Å²) in [4.78, 5) is 13.2. The van der Waals surface area contributed by atoms with Crippen molar-refractivity contribution < 1.29 is 14.6 Å². The van der Waals surface area contributed by atoms with E-state index in [1.54, 1.807) is 4.90 Å². The Morgan fingerprint density at radius 1 is 1.33 bits per heavy atom. The van der Waals surface area contributed by atoms with E-state index in [4.69, 9.17) is 9.84 Å². The molecule has 0 atom stereocenters. The van der Waals surface area contributed by atoms with E-state index >= 15 is 0 Å². The van der Waals surface area contributed by atoms with Crippen LogP contribution in [0.2, 0.25) is 0 Å². The second kappa shape index (κ2) is 9.93. The lowest BCUT2D eigenvalue weighted by Gasteiger charge is -2.16. The van der Waals surface area contributed by atoms with Crippen molar-refractivity contribution in [2.24, 2.45) is 0 Å². The standard InChI is InChI=1S/C11H23NO3/c1-3-15-10-7-11(14)12(2)8-5-4-6-9-13/h13H,3-10H2,1-2H3. The minimum atomic E-state index is 0.132. The fraction of sp³-hybridized carbons (Fsp3) is 0.909. The highest BCUT2D eigenvalue weighted by molar-refractivity contribution is 5.75. The molecule has 1 N–H and O–H groups in total. The number of ether oxygens (including phenoxy) is 1. The Balaban J connectivity index is 3.42. The third kappa shape index (κ3) is 8.39. The molecule has 0 heterocycles. The molecule has 0 saturated heterocycles. The molecule has 0 aromatic rings. The molecule has 0 unspecified atom stereocenters. The zero-order chi connectivity index (χ0) is 11.5. The number of amides is 1. The van der Waals surface area contributed by atoms with Gasteiger partial charge in [0, 0.05) is 26.8 Å². The highest BCUT2D eigenvalue weighted by Crippen LogP contribution is 1.99. The molecule has 4 nitrogen and oxygen atoms in total. The zero-order valence-corrected chi connectivity index (χ0v) is 9.87. The molecule has 90 valence electrons. The number of rotatable bonds is 9. The zero-order valence-electron chi connectivity index (χ0n) is 9.87. The van der Waals surface area contributed by atoms with Crippen LogP contribution in [0.3, 0.4) is 0 Å². The fourth-order valence-corrected chi connectivity index (χ4v) is 1.26. The van der Waals surface area contributed by atoms with Gasteiger partial charge in [0.1, 0.15) is 0 Å². The van der Waals surface area contributed by atoms with E-state index in [0.717, 1.165) is 25.8 Å². The highest BCUT2D eigenvalue weighted by Gasteiger charge is 2.07. The van der Waals surface area contributed by atoms with Crippen LogP contribution in [-0.2, 0) is 9.53 Å². The van der Waals surface area contributed by atoms with Gasteiger partial charge in [-0.1, -0.05) is 0 Å². The lowest BCUT2D eigenvalue weighted by molar-refractivity contribution is -0.131. The van der Waals surface area contributed by atoms with Crippen molar-refractivity contribution in [3.63, 3.8) is 0 Å². The summed E-state index contributed by atoms with van der Waals surface area (Å²) >= 11 is 0. The number of carbonyl (C=O) groups excluding carboxylic acids is 1. The lowest BCUT2D eigenvalue weighted by Crippen LogP contribution is -2.28. The number of carbonyl (C=O) groups is 1. The van der Waals surface area contributed by atoms with Gasteiger partial charge in [-0.25, -0.2) is 0 Å². The first-order valence-corrected chi connectivity index (χ1v) is 5.65. The summed E-state index contributed by atoms with van der Waals surface area (Å²) < 4.78 is 5.12. The van der Waals surface area contributed by atoms with E-state index in [9.17, 15) is 4.79 Å². The van der Waals surface area contributed by atoms with E-state index < -0.39 is 0 Å². The summed E-state index contributed by atoms with van der Waals surface area (Å²) in [6.45, 7) is 4.10. The molecule has 0 radical (unpaired) electrons. The van der Waals surface area contributed by atoms with Crippen LogP contribution in [0.5, 0.6) is 0 Å². The molecule has 1 amide bonds. The number of aliphatic hydroxyl groups excluding tert-OH is 1. The number of unbranched alkanes of at least 4 members (excludes halogenated alkanes) is 2. The molecule has 4 heteroatoms. The van der Waals surface area contributed by atoms with Gasteiger partial charge in [-0.15, -0.1) is 0 Å². The SMILES string of the molecule is CCOCCC(=O)N(C)CCCCCO. The van der Waals surface area contributed by atoms with Crippen LogP contribution in [-0.4, -0.2) is 49.3 Å². The molecular formula is C11H23NO3. The van der Waals surface area contributed by atoms with Crippen LogP contribution in [0.15, 0.2) is 0 Å². The van der Waals surface area contributed by atoms with Gasteiger partial charge in [-0.2, -0.15) is 0 Å². The van der Waals surface area contributed by atoms with Crippen molar-refractivity contribution in [1.29, 1.82) is 0 Å². The molecular weight excluding hydrogens is 194 g/mol. The normalized spacial score (nSPS) is 10.3. The van der Waals surface area contributed by atoms with E-state index in [1.165, 1.54) is 0 Å². The first kappa shape index (κ1) is 14.4. The third-order valence-electron chi connectivity index (χ3n) is 2.24. The van der Waals surface area contributed by atoms with Crippen LogP contribution in [0, 0.1) is 0 Å². The Morgan fingerprint density at radius 3 is 2.67 bits per heavy atom. The average Bonchev–Trinajstić information content (AvgIpc) is 2.24. The second-order valence-corrected chi connectivity index (χ2v) is 3.55. The molecule has 0 aromatic carbocycles.